The first-order valence-electron chi connectivity index (χ1n) is 6.76. The predicted octanol–water partition coefficient (Wildman–Crippen LogP) is 4.95. The van der Waals surface area contributed by atoms with E-state index < -0.39 is 0 Å². The molecule has 23 heavy (non-hydrogen) atoms. The van der Waals surface area contributed by atoms with Crippen LogP contribution in [-0.2, 0) is 4.79 Å². The standard InChI is InChI=1S/C17H12FNOS3/c1-22-14-8-2-11(3-9-14)10-15-16(20)19(17(21)23-15)13-6-4-12(18)5-7-13/h2-10H,1H3/b15-10+. The van der Waals surface area contributed by atoms with Crippen LogP contribution in [0.1, 0.15) is 5.56 Å². The van der Waals surface area contributed by atoms with E-state index in [9.17, 15) is 9.18 Å². The molecular weight excluding hydrogens is 349 g/mol. The number of amides is 1. The number of hydrogen-bond donors (Lipinski definition) is 0. The van der Waals surface area contributed by atoms with Gasteiger partial charge in [-0.15, -0.1) is 11.8 Å². The summed E-state index contributed by atoms with van der Waals surface area (Å²) in [5.41, 5.74) is 1.53. The van der Waals surface area contributed by atoms with Crippen LogP contribution < -0.4 is 4.90 Å². The summed E-state index contributed by atoms with van der Waals surface area (Å²) in [4.78, 5) is 15.7. The molecule has 0 saturated carbocycles. The van der Waals surface area contributed by atoms with E-state index in [1.807, 2.05) is 36.6 Å². The smallest absolute Gasteiger partial charge is 0.268 e. The van der Waals surface area contributed by atoms with Crippen molar-refractivity contribution in [2.24, 2.45) is 0 Å². The normalized spacial score (nSPS) is 16.4. The Morgan fingerprint density at radius 3 is 2.39 bits per heavy atom. The Hall–Kier alpha value is -1.63. The van der Waals surface area contributed by atoms with Crippen LogP contribution >= 0.6 is 35.7 Å². The van der Waals surface area contributed by atoms with Crippen molar-refractivity contribution in [3.8, 4) is 0 Å². The molecule has 0 bridgehead atoms. The average molecular weight is 361 g/mol. The quantitative estimate of drug-likeness (QED) is 0.437. The number of nitrogens with zero attached hydrogens (tertiary/aromatic N) is 1. The van der Waals surface area contributed by atoms with E-state index in [2.05, 4.69) is 0 Å². The minimum Gasteiger partial charge on any atom is -0.268 e. The molecule has 6 heteroatoms. The molecule has 1 heterocycles. The summed E-state index contributed by atoms with van der Waals surface area (Å²) in [5.74, 6) is -0.524. The van der Waals surface area contributed by atoms with E-state index in [4.69, 9.17) is 12.2 Å². The molecule has 1 amide bonds. The molecule has 0 N–H and O–H groups in total. The maximum Gasteiger partial charge on any atom is 0.270 e. The second-order valence-corrected chi connectivity index (χ2v) is 7.32. The van der Waals surface area contributed by atoms with Crippen molar-refractivity contribution in [1.82, 2.24) is 0 Å². The van der Waals surface area contributed by atoms with E-state index in [1.165, 1.54) is 33.7 Å². The van der Waals surface area contributed by atoms with Crippen molar-refractivity contribution in [3.63, 3.8) is 0 Å². The van der Waals surface area contributed by atoms with Gasteiger partial charge in [-0.1, -0.05) is 36.1 Å². The van der Waals surface area contributed by atoms with E-state index in [1.54, 1.807) is 23.9 Å². The fourth-order valence-electron chi connectivity index (χ4n) is 2.13. The Morgan fingerprint density at radius 1 is 1.13 bits per heavy atom. The number of thiocarbonyl (C=S) groups is 1. The topological polar surface area (TPSA) is 20.3 Å². The molecule has 1 saturated heterocycles. The molecule has 0 spiro atoms. The van der Waals surface area contributed by atoms with Crippen LogP contribution in [0.15, 0.2) is 58.3 Å². The lowest BCUT2D eigenvalue weighted by molar-refractivity contribution is -0.113. The molecule has 0 atom stereocenters. The molecule has 2 nitrogen and oxygen atoms in total. The largest absolute Gasteiger partial charge is 0.270 e. The van der Waals surface area contributed by atoms with Crippen LogP contribution in [0.2, 0.25) is 0 Å². The summed E-state index contributed by atoms with van der Waals surface area (Å²) in [6.07, 6.45) is 3.84. The minimum atomic E-state index is -0.344. The van der Waals surface area contributed by atoms with Gasteiger partial charge in [0.05, 0.1) is 10.6 Å². The fourth-order valence-corrected chi connectivity index (χ4v) is 3.84. The first-order chi connectivity index (χ1) is 11.1. The minimum absolute atomic E-state index is 0.180. The van der Waals surface area contributed by atoms with E-state index in [0.29, 0.717) is 14.9 Å². The molecule has 0 aromatic heterocycles. The number of halogens is 1. The second kappa shape index (κ2) is 6.86. The van der Waals surface area contributed by atoms with Crippen LogP contribution in [-0.4, -0.2) is 16.5 Å². The molecule has 3 rings (SSSR count). The van der Waals surface area contributed by atoms with Crippen LogP contribution in [0.25, 0.3) is 6.08 Å². The third-order valence-corrected chi connectivity index (χ3v) is 5.34. The molecule has 0 aliphatic carbocycles. The molecule has 1 aliphatic heterocycles. The van der Waals surface area contributed by atoms with Crippen LogP contribution in [0.5, 0.6) is 0 Å². The maximum absolute atomic E-state index is 13.0. The molecule has 0 radical (unpaired) electrons. The Bertz CT molecular complexity index is 784. The van der Waals surface area contributed by atoms with E-state index in [-0.39, 0.29) is 11.7 Å². The molecule has 0 unspecified atom stereocenters. The van der Waals surface area contributed by atoms with Gasteiger partial charge in [-0.25, -0.2) is 4.39 Å². The van der Waals surface area contributed by atoms with Gasteiger partial charge in [-0.05, 0) is 54.3 Å². The number of rotatable bonds is 3. The van der Waals surface area contributed by atoms with Gasteiger partial charge >= 0.3 is 0 Å². The summed E-state index contributed by atoms with van der Waals surface area (Å²) < 4.78 is 13.5. The van der Waals surface area contributed by atoms with Crippen LogP contribution in [0, 0.1) is 5.82 Å². The molecule has 2 aromatic carbocycles. The van der Waals surface area contributed by atoms with Crippen molar-refractivity contribution in [1.29, 1.82) is 0 Å². The van der Waals surface area contributed by atoms with Gasteiger partial charge in [0, 0.05) is 4.90 Å². The summed E-state index contributed by atoms with van der Waals surface area (Å²) in [5, 5.41) is 0. The first-order valence-corrected chi connectivity index (χ1v) is 9.21. The fraction of sp³-hybridized carbons (Fsp3) is 0.0588. The second-order valence-electron chi connectivity index (χ2n) is 4.77. The average Bonchev–Trinajstić information content (AvgIpc) is 2.83. The molecule has 116 valence electrons. The van der Waals surface area contributed by atoms with Gasteiger partial charge in [-0.2, -0.15) is 0 Å². The number of anilines is 1. The summed E-state index contributed by atoms with van der Waals surface area (Å²) >= 11 is 8.22. The number of carbonyl (C=O) groups excluding carboxylic acids is 1. The number of hydrogen-bond acceptors (Lipinski definition) is 4. The highest BCUT2D eigenvalue weighted by Crippen LogP contribution is 2.36. The Labute approximate surface area is 147 Å². The van der Waals surface area contributed by atoms with Crippen molar-refractivity contribution in [2.75, 3.05) is 11.2 Å². The zero-order valence-electron chi connectivity index (χ0n) is 12.2. The molecule has 2 aromatic rings. The van der Waals surface area contributed by atoms with Gasteiger partial charge in [0.15, 0.2) is 4.32 Å². The van der Waals surface area contributed by atoms with E-state index >= 15 is 0 Å². The lowest BCUT2D eigenvalue weighted by Gasteiger charge is -2.14. The van der Waals surface area contributed by atoms with Gasteiger partial charge < -0.3 is 0 Å². The zero-order chi connectivity index (χ0) is 16.4. The van der Waals surface area contributed by atoms with Gasteiger partial charge in [0.25, 0.3) is 5.91 Å². The van der Waals surface area contributed by atoms with Crippen molar-refractivity contribution in [2.45, 2.75) is 4.90 Å². The number of benzene rings is 2. The lowest BCUT2D eigenvalue weighted by atomic mass is 10.2. The zero-order valence-corrected chi connectivity index (χ0v) is 14.6. The van der Waals surface area contributed by atoms with E-state index in [0.717, 1.165) is 5.56 Å². The maximum atomic E-state index is 13.0. The first kappa shape index (κ1) is 16.2. The Kier molecular flexibility index (Phi) is 4.84. The van der Waals surface area contributed by atoms with Crippen molar-refractivity contribution >= 4 is 57.7 Å². The highest BCUT2D eigenvalue weighted by atomic mass is 32.2. The Balaban J connectivity index is 1.88. The summed E-state index contributed by atoms with van der Waals surface area (Å²) in [6.45, 7) is 0. The highest BCUT2D eigenvalue weighted by molar-refractivity contribution is 8.27. The monoisotopic (exact) mass is 361 g/mol. The lowest BCUT2D eigenvalue weighted by Crippen LogP contribution is -2.27. The van der Waals surface area contributed by atoms with Crippen molar-refractivity contribution in [3.05, 3.63) is 64.8 Å². The Morgan fingerprint density at radius 2 is 1.78 bits per heavy atom. The van der Waals surface area contributed by atoms with Gasteiger partial charge in [0.2, 0.25) is 0 Å². The van der Waals surface area contributed by atoms with Gasteiger partial charge in [0.1, 0.15) is 5.82 Å². The summed E-state index contributed by atoms with van der Waals surface area (Å²) in [7, 11) is 0. The van der Waals surface area contributed by atoms with Crippen LogP contribution in [0.4, 0.5) is 10.1 Å². The van der Waals surface area contributed by atoms with Crippen molar-refractivity contribution < 1.29 is 9.18 Å². The highest BCUT2D eigenvalue weighted by Gasteiger charge is 2.33. The molecule has 1 aliphatic rings. The summed E-state index contributed by atoms with van der Waals surface area (Å²) in [6, 6.07) is 13.7. The third kappa shape index (κ3) is 3.49. The SMILES string of the molecule is CSc1ccc(/C=C2/SC(=S)N(c3ccc(F)cc3)C2=O)cc1. The number of thioether (sulfide) groups is 2. The van der Waals surface area contributed by atoms with Crippen LogP contribution in [0.3, 0.4) is 0 Å². The molecular formula is C17H12FNOS3. The number of carbonyl (C=O) groups is 1. The molecule has 1 fully saturated rings. The predicted molar refractivity (Wildman–Crippen MR) is 100 cm³/mol. The third-order valence-electron chi connectivity index (χ3n) is 3.29. The van der Waals surface area contributed by atoms with Gasteiger partial charge in [-0.3, -0.25) is 9.69 Å².